The molecule has 0 saturated heterocycles. The minimum absolute atomic E-state index is 0.432. The topological polar surface area (TPSA) is 84.4 Å². The highest BCUT2D eigenvalue weighted by molar-refractivity contribution is 5.94. The van der Waals surface area contributed by atoms with E-state index in [1.165, 1.54) is 0 Å². The van der Waals surface area contributed by atoms with Crippen molar-refractivity contribution in [3.05, 3.63) is 23.8 Å². The summed E-state index contributed by atoms with van der Waals surface area (Å²) in [6, 6.07) is 5.05. The Morgan fingerprint density at radius 2 is 2.12 bits per heavy atom. The van der Waals surface area contributed by atoms with E-state index < -0.39 is 5.91 Å². The van der Waals surface area contributed by atoms with E-state index in [2.05, 4.69) is 10.2 Å². The average Bonchev–Trinajstić information content (AvgIpc) is 2.25. The first kappa shape index (κ1) is 13.3. The molecule has 5 N–H and O–H groups in total. The van der Waals surface area contributed by atoms with E-state index in [0.717, 1.165) is 25.2 Å². The predicted molar refractivity (Wildman–Crippen MR) is 71.0 cm³/mol. The minimum Gasteiger partial charge on any atom is -0.397 e. The van der Waals surface area contributed by atoms with Crippen molar-refractivity contribution in [1.82, 2.24) is 4.90 Å². The zero-order valence-corrected chi connectivity index (χ0v) is 10.4. The number of carbonyl (C=O) groups excluding carboxylic acids is 1. The maximum absolute atomic E-state index is 10.9. The molecule has 0 aliphatic rings. The SMILES string of the molecule is CN(C)CCCNc1ccc(C(N)=O)cc1N. The molecule has 0 fully saturated rings. The Morgan fingerprint density at radius 3 is 2.65 bits per heavy atom. The standard InChI is InChI=1S/C12H20N4O/c1-16(2)7-3-6-15-11-5-4-9(12(14)17)8-10(11)13/h4-5,8,15H,3,6-7,13H2,1-2H3,(H2,14,17). The van der Waals surface area contributed by atoms with Crippen LogP contribution in [0.1, 0.15) is 16.8 Å². The van der Waals surface area contributed by atoms with Crippen LogP contribution in [0.25, 0.3) is 0 Å². The summed E-state index contributed by atoms with van der Waals surface area (Å²) in [5, 5.41) is 3.23. The monoisotopic (exact) mass is 236 g/mol. The number of nitrogens with zero attached hydrogens (tertiary/aromatic N) is 1. The molecule has 1 aromatic carbocycles. The Hall–Kier alpha value is -1.75. The fourth-order valence-corrected chi connectivity index (χ4v) is 1.50. The number of hydrogen-bond donors (Lipinski definition) is 3. The number of primary amides is 1. The number of nitrogen functional groups attached to an aromatic ring is 1. The van der Waals surface area contributed by atoms with Gasteiger partial charge < -0.3 is 21.7 Å². The Bertz CT molecular complexity index is 390. The molecule has 0 bridgehead atoms. The van der Waals surface area contributed by atoms with Crippen molar-refractivity contribution >= 4 is 17.3 Å². The number of nitrogens with two attached hydrogens (primary N) is 2. The Labute approximate surface area is 102 Å². The molecule has 0 unspecified atom stereocenters. The van der Waals surface area contributed by atoms with Crippen molar-refractivity contribution in [1.29, 1.82) is 0 Å². The maximum atomic E-state index is 10.9. The number of nitrogens with one attached hydrogen (secondary N) is 1. The molecule has 1 amide bonds. The first-order chi connectivity index (χ1) is 8.00. The van der Waals surface area contributed by atoms with E-state index in [1.807, 2.05) is 14.1 Å². The lowest BCUT2D eigenvalue weighted by atomic mass is 10.1. The van der Waals surface area contributed by atoms with Crippen LogP contribution in [0.4, 0.5) is 11.4 Å². The number of anilines is 2. The van der Waals surface area contributed by atoms with Crippen molar-refractivity contribution in [3.8, 4) is 0 Å². The largest absolute Gasteiger partial charge is 0.397 e. The molecule has 0 atom stereocenters. The molecule has 1 aromatic rings. The van der Waals surface area contributed by atoms with Gasteiger partial charge in [0.25, 0.3) is 0 Å². The van der Waals surface area contributed by atoms with Crippen LogP contribution in [0.5, 0.6) is 0 Å². The van der Waals surface area contributed by atoms with Crippen LogP contribution in [0.3, 0.4) is 0 Å². The summed E-state index contributed by atoms with van der Waals surface area (Å²) in [6.45, 7) is 1.87. The van der Waals surface area contributed by atoms with Crippen molar-refractivity contribution in [2.75, 3.05) is 38.2 Å². The van der Waals surface area contributed by atoms with Gasteiger partial charge in [0.15, 0.2) is 0 Å². The first-order valence-corrected chi connectivity index (χ1v) is 5.58. The van der Waals surface area contributed by atoms with E-state index in [-0.39, 0.29) is 0 Å². The number of rotatable bonds is 6. The predicted octanol–water partition coefficient (Wildman–Crippen LogP) is 0.731. The van der Waals surface area contributed by atoms with Crippen LogP contribution < -0.4 is 16.8 Å². The van der Waals surface area contributed by atoms with Gasteiger partial charge in [-0.05, 0) is 45.3 Å². The van der Waals surface area contributed by atoms with Crippen LogP contribution in [-0.4, -0.2) is 38.0 Å². The zero-order valence-electron chi connectivity index (χ0n) is 10.4. The first-order valence-electron chi connectivity index (χ1n) is 5.58. The van der Waals surface area contributed by atoms with Gasteiger partial charge in [0.2, 0.25) is 5.91 Å². The van der Waals surface area contributed by atoms with Gasteiger partial charge in [-0.15, -0.1) is 0 Å². The Balaban J connectivity index is 2.52. The van der Waals surface area contributed by atoms with Gasteiger partial charge in [0.1, 0.15) is 0 Å². The zero-order chi connectivity index (χ0) is 12.8. The number of benzene rings is 1. The Morgan fingerprint density at radius 1 is 1.41 bits per heavy atom. The number of carbonyl (C=O) groups is 1. The molecule has 0 aliphatic carbocycles. The lowest BCUT2D eigenvalue weighted by Gasteiger charge is -2.12. The Kier molecular flexibility index (Phi) is 4.78. The fraction of sp³-hybridized carbons (Fsp3) is 0.417. The molecule has 17 heavy (non-hydrogen) atoms. The van der Waals surface area contributed by atoms with Gasteiger partial charge in [-0.2, -0.15) is 0 Å². The molecule has 0 heterocycles. The molecule has 0 radical (unpaired) electrons. The lowest BCUT2D eigenvalue weighted by Crippen LogP contribution is -2.17. The number of amides is 1. The van der Waals surface area contributed by atoms with Crippen LogP contribution in [0.15, 0.2) is 18.2 Å². The highest BCUT2D eigenvalue weighted by Crippen LogP contribution is 2.19. The van der Waals surface area contributed by atoms with Crippen molar-refractivity contribution < 1.29 is 4.79 Å². The smallest absolute Gasteiger partial charge is 0.248 e. The van der Waals surface area contributed by atoms with E-state index in [1.54, 1.807) is 18.2 Å². The van der Waals surface area contributed by atoms with Crippen molar-refractivity contribution in [2.45, 2.75) is 6.42 Å². The molecular formula is C12H20N4O. The summed E-state index contributed by atoms with van der Waals surface area (Å²) in [6.07, 6.45) is 1.03. The normalized spacial score (nSPS) is 10.5. The van der Waals surface area contributed by atoms with Gasteiger partial charge >= 0.3 is 0 Å². The molecule has 1 rings (SSSR count). The number of hydrogen-bond acceptors (Lipinski definition) is 4. The van der Waals surface area contributed by atoms with Crippen LogP contribution >= 0.6 is 0 Å². The second-order valence-electron chi connectivity index (χ2n) is 4.25. The van der Waals surface area contributed by atoms with Crippen molar-refractivity contribution in [3.63, 3.8) is 0 Å². The molecule has 0 saturated carbocycles. The molecule has 0 spiro atoms. The second-order valence-corrected chi connectivity index (χ2v) is 4.25. The summed E-state index contributed by atoms with van der Waals surface area (Å²) >= 11 is 0. The third kappa shape index (κ3) is 4.32. The summed E-state index contributed by atoms with van der Waals surface area (Å²) in [5.74, 6) is -0.462. The van der Waals surface area contributed by atoms with E-state index in [9.17, 15) is 4.79 Å². The van der Waals surface area contributed by atoms with E-state index in [4.69, 9.17) is 11.5 Å². The summed E-state index contributed by atoms with van der Waals surface area (Å²) in [4.78, 5) is 13.1. The third-order valence-corrected chi connectivity index (χ3v) is 2.43. The molecule has 5 heteroatoms. The van der Waals surface area contributed by atoms with Gasteiger partial charge in [-0.3, -0.25) is 4.79 Å². The van der Waals surface area contributed by atoms with Crippen LogP contribution in [-0.2, 0) is 0 Å². The third-order valence-electron chi connectivity index (χ3n) is 2.43. The highest BCUT2D eigenvalue weighted by Gasteiger charge is 2.04. The van der Waals surface area contributed by atoms with Gasteiger partial charge in [-0.25, -0.2) is 0 Å². The minimum atomic E-state index is -0.462. The van der Waals surface area contributed by atoms with Gasteiger partial charge in [-0.1, -0.05) is 0 Å². The quantitative estimate of drug-likeness (QED) is 0.502. The molecular weight excluding hydrogens is 216 g/mol. The molecule has 0 aliphatic heterocycles. The summed E-state index contributed by atoms with van der Waals surface area (Å²) in [7, 11) is 4.08. The van der Waals surface area contributed by atoms with Crippen LogP contribution in [0.2, 0.25) is 0 Å². The molecule has 5 nitrogen and oxygen atoms in total. The van der Waals surface area contributed by atoms with Crippen molar-refractivity contribution in [2.24, 2.45) is 5.73 Å². The average molecular weight is 236 g/mol. The van der Waals surface area contributed by atoms with E-state index in [0.29, 0.717) is 11.3 Å². The maximum Gasteiger partial charge on any atom is 0.248 e. The molecule has 0 aromatic heterocycles. The molecule has 94 valence electrons. The van der Waals surface area contributed by atoms with Gasteiger partial charge in [0, 0.05) is 12.1 Å². The summed E-state index contributed by atoms with van der Waals surface area (Å²) < 4.78 is 0. The second kappa shape index (κ2) is 6.10. The lowest BCUT2D eigenvalue weighted by molar-refractivity contribution is 0.100. The van der Waals surface area contributed by atoms with E-state index >= 15 is 0 Å². The fourth-order valence-electron chi connectivity index (χ4n) is 1.50. The summed E-state index contributed by atoms with van der Waals surface area (Å²) in [5.41, 5.74) is 12.8. The van der Waals surface area contributed by atoms with Crippen LogP contribution in [0, 0.1) is 0 Å². The highest BCUT2D eigenvalue weighted by atomic mass is 16.1. The van der Waals surface area contributed by atoms with Gasteiger partial charge in [0.05, 0.1) is 11.4 Å².